The molecule has 2 aliphatic rings. The monoisotopic (exact) mass is 563 g/mol. The smallest absolute Gasteiger partial charge is 0.335 e. The minimum atomic E-state index is -4.28. The lowest BCUT2D eigenvalue weighted by molar-refractivity contribution is -0.162. The second kappa shape index (κ2) is 11.8. The maximum atomic E-state index is 13.4. The van der Waals surface area contributed by atoms with Crippen molar-refractivity contribution in [3.63, 3.8) is 0 Å². The Hall–Kier alpha value is -2.74. The molecule has 0 radical (unpaired) electrons. The van der Waals surface area contributed by atoms with Crippen molar-refractivity contribution in [1.29, 1.82) is 0 Å². The third kappa shape index (κ3) is 7.18. The molecule has 1 aromatic carbocycles. The van der Waals surface area contributed by atoms with Crippen molar-refractivity contribution < 1.29 is 50.9 Å². The summed E-state index contributed by atoms with van der Waals surface area (Å²) >= 11 is 5.97. The summed E-state index contributed by atoms with van der Waals surface area (Å²) in [6.45, 7) is 3.50. The molecule has 1 fully saturated rings. The highest BCUT2D eigenvalue weighted by molar-refractivity contribution is 7.93. The van der Waals surface area contributed by atoms with Gasteiger partial charge in [0.25, 0.3) is 0 Å². The molecular formula is C23H27ClFNO10S. The molecule has 1 aromatic rings. The number of nitrogens with one attached hydrogen (secondary N) is 1. The molecule has 0 saturated carbocycles. The number of carbonyl (C=O) groups excluding carboxylic acids is 3. The number of hydrogen-bond donors (Lipinski definition) is 1. The molecular weight excluding hydrogens is 537 g/mol. The molecule has 1 saturated heterocycles. The van der Waals surface area contributed by atoms with Crippen molar-refractivity contribution in [3.05, 3.63) is 40.7 Å². The van der Waals surface area contributed by atoms with Gasteiger partial charge in [0.1, 0.15) is 36.5 Å². The minimum Gasteiger partial charge on any atom is -0.463 e. The van der Waals surface area contributed by atoms with Crippen molar-refractivity contribution in [2.75, 3.05) is 24.5 Å². The normalized spacial score (nSPS) is 22.7. The first-order valence-corrected chi connectivity index (χ1v) is 13.3. The summed E-state index contributed by atoms with van der Waals surface area (Å²) in [5, 5.41) is -1.55. The zero-order chi connectivity index (χ0) is 27.4. The zero-order valence-corrected chi connectivity index (χ0v) is 21.9. The fourth-order valence-corrected chi connectivity index (χ4v) is 5.80. The standard InChI is InChI=1S/C23H27ClFNO10S/c1-4-32-22(29)16-10-23(35-19(11-33-13(2)27)20(36-23)12-34-14(3)28)8-7-21(16)37(30,31)26-18-6-5-15(25)9-17(18)24/h5-6,9-10,19-21,26H,4,7-8,11-12H2,1-3H3/t19-,20-,21?/m1/s1. The molecule has 1 spiro atoms. The van der Waals surface area contributed by atoms with Crippen LogP contribution in [0.25, 0.3) is 0 Å². The van der Waals surface area contributed by atoms with E-state index in [1.165, 1.54) is 19.9 Å². The van der Waals surface area contributed by atoms with Gasteiger partial charge < -0.3 is 23.7 Å². The highest BCUT2D eigenvalue weighted by Gasteiger charge is 2.52. The van der Waals surface area contributed by atoms with Crippen LogP contribution in [0.5, 0.6) is 0 Å². The summed E-state index contributed by atoms with van der Waals surface area (Å²) in [5.41, 5.74) is -0.318. The summed E-state index contributed by atoms with van der Waals surface area (Å²) < 4.78 is 69.4. The van der Waals surface area contributed by atoms with Gasteiger partial charge in [-0.25, -0.2) is 17.6 Å². The largest absolute Gasteiger partial charge is 0.463 e. The van der Waals surface area contributed by atoms with E-state index in [4.69, 9.17) is 35.3 Å². The first-order valence-electron chi connectivity index (χ1n) is 11.3. The third-order valence-corrected chi connectivity index (χ3v) is 7.62. The number of anilines is 1. The Morgan fingerprint density at radius 1 is 1.11 bits per heavy atom. The number of hydrogen-bond acceptors (Lipinski definition) is 10. The van der Waals surface area contributed by atoms with E-state index in [-0.39, 0.29) is 48.9 Å². The number of esters is 3. The van der Waals surface area contributed by atoms with Gasteiger partial charge in [-0.1, -0.05) is 11.6 Å². The van der Waals surface area contributed by atoms with Crippen LogP contribution in [0, 0.1) is 5.82 Å². The molecule has 0 amide bonds. The SMILES string of the molecule is CCOC(=O)C1=CC2(CCC1S(=O)(=O)Nc1ccc(F)cc1Cl)O[C@H](COC(C)=O)[C@@H](COC(C)=O)O2. The van der Waals surface area contributed by atoms with E-state index in [1.807, 2.05) is 0 Å². The number of benzene rings is 1. The average molecular weight is 564 g/mol. The van der Waals surface area contributed by atoms with Crippen LogP contribution in [0.2, 0.25) is 5.02 Å². The van der Waals surface area contributed by atoms with Crippen molar-refractivity contribution in [3.8, 4) is 0 Å². The summed E-state index contributed by atoms with van der Waals surface area (Å²) in [6, 6.07) is 3.15. The van der Waals surface area contributed by atoms with E-state index in [1.54, 1.807) is 6.92 Å². The van der Waals surface area contributed by atoms with Gasteiger partial charge in [0.05, 0.1) is 22.9 Å². The first kappa shape index (κ1) is 28.8. The molecule has 0 bridgehead atoms. The van der Waals surface area contributed by atoms with Crippen LogP contribution >= 0.6 is 11.6 Å². The fourth-order valence-electron chi connectivity index (χ4n) is 3.97. The average Bonchev–Trinajstić information content (AvgIpc) is 3.14. The molecule has 204 valence electrons. The highest BCUT2D eigenvalue weighted by atomic mass is 35.5. The minimum absolute atomic E-state index is 0.0220. The maximum absolute atomic E-state index is 13.4. The van der Waals surface area contributed by atoms with Gasteiger partial charge in [-0.05, 0) is 37.6 Å². The van der Waals surface area contributed by atoms with E-state index in [9.17, 15) is 27.2 Å². The molecule has 14 heteroatoms. The van der Waals surface area contributed by atoms with E-state index in [0.717, 1.165) is 18.2 Å². The molecule has 0 aromatic heterocycles. The second-order valence-corrected chi connectivity index (χ2v) is 10.6. The number of halogens is 2. The quantitative estimate of drug-likeness (QED) is 0.351. The molecule has 1 aliphatic heterocycles. The lowest BCUT2D eigenvalue weighted by Gasteiger charge is -2.33. The van der Waals surface area contributed by atoms with Crippen LogP contribution in [-0.4, -0.2) is 69.4 Å². The van der Waals surface area contributed by atoms with Crippen LogP contribution in [0.15, 0.2) is 29.8 Å². The van der Waals surface area contributed by atoms with Gasteiger partial charge in [0.15, 0.2) is 5.79 Å². The maximum Gasteiger partial charge on any atom is 0.335 e. The molecule has 37 heavy (non-hydrogen) atoms. The van der Waals surface area contributed by atoms with Gasteiger partial charge in [-0.3, -0.25) is 14.3 Å². The molecule has 3 atom stereocenters. The Kier molecular flexibility index (Phi) is 9.16. The summed E-state index contributed by atoms with van der Waals surface area (Å²) in [6.07, 6.45) is -0.677. The number of carbonyl (C=O) groups is 3. The number of sulfonamides is 1. The van der Waals surface area contributed by atoms with Crippen molar-refractivity contribution in [1.82, 2.24) is 0 Å². The highest BCUT2D eigenvalue weighted by Crippen LogP contribution is 2.42. The first-order chi connectivity index (χ1) is 17.4. The lowest BCUT2D eigenvalue weighted by atomic mass is 9.94. The predicted molar refractivity (Wildman–Crippen MR) is 127 cm³/mol. The third-order valence-electron chi connectivity index (χ3n) is 5.56. The van der Waals surface area contributed by atoms with Gasteiger partial charge in [-0.2, -0.15) is 0 Å². The Morgan fingerprint density at radius 2 is 1.70 bits per heavy atom. The molecule has 1 heterocycles. The van der Waals surface area contributed by atoms with E-state index >= 15 is 0 Å². The topological polar surface area (TPSA) is 144 Å². The predicted octanol–water partition coefficient (Wildman–Crippen LogP) is 2.48. The van der Waals surface area contributed by atoms with E-state index < -0.39 is 57.0 Å². The van der Waals surface area contributed by atoms with Crippen molar-refractivity contribution >= 4 is 45.2 Å². The van der Waals surface area contributed by atoms with Gasteiger partial charge in [0, 0.05) is 20.3 Å². The number of ether oxygens (including phenoxy) is 5. The Balaban J connectivity index is 1.93. The molecule has 11 nitrogen and oxygen atoms in total. The lowest BCUT2D eigenvalue weighted by Crippen LogP contribution is -2.43. The van der Waals surface area contributed by atoms with Gasteiger partial charge >= 0.3 is 17.9 Å². The van der Waals surface area contributed by atoms with E-state index in [0.29, 0.717) is 0 Å². The van der Waals surface area contributed by atoms with Gasteiger partial charge in [-0.15, -0.1) is 0 Å². The Labute approximate surface area is 218 Å². The van der Waals surface area contributed by atoms with Crippen LogP contribution < -0.4 is 4.72 Å². The van der Waals surface area contributed by atoms with Crippen LogP contribution in [0.1, 0.15) is 33.6 Å². The Morgan fingerprint density at radius 3 is 2.22 bits per heavy atom. The Bertz CT molecular complexity index is 1160. The molecule has 1 N–H and O–H groups in total. The second-order valence-electron chi connectivity index (χ2n) is 8.35. The number of rotatable bonds is 9. The van der Waals surface area contributed by atoms with Crippen LogP contribution in [-0.2, 0) is 48.1 Å². The molecule has 3 rings (SSSR count). The van der Waals surface area contributed by atoms with E-state index in [2.05, 4.69) is 4.72 Å². The molecule has 1 unspecified atom stereocenters. The van der Waals surface area contributed by atoms with Crippen molar-refractivity contribution in [2.45, 2.75) is 56.9 Å². The van der Waals surface area contributed by atoms with Crippen molar-refractivity contribution in [2.24, 2.45) is 0 Å². The summed E-state index contributed by atoms with van der Waals surface area (Å²) in [5.74, 6) is -4.27. The molecule has 1 aliphatic carbocycles. The van der Waals surface area contributed by atoms with Crippen LogP contribution in [0.3, 0.4) is 0 Å². The zero-order valence-electron chi connectivity index (χ0n) is 20.3. The summed E-state index contributed by atoms with van der Waals surface area (Å²) in [4.78, 5) is 35.5. The van der Waals surface area contributed by atoms with Crippen LogP contribution in [0.4, 0.5) is 10.1 Å². The summed E-state index contributed by atoms with van der Waals surface area (Å²) in [7, 11) is -4.28. The fraction of sp³-hybridized carbons (Fsp3) is 0.522. The van der Waals surface area contributed by atoms with Gasteiger partial charge in [0.2, 0.25) is 10.0 Å².